The molecule has 1 N–H and O–H groups in total. The van der Waals surface area contributed by atoms with Gasteiger partial charge in [-0.3, -0.25) is 0 Å². The highest BCUT2D eigenvalue weighted by molar-refractivity contribution is 6.83. The van der Waals surface area contributed by atoms with Gasteiger partial charge >= 0.3 is 0 Å². The zero-order chi connectivity index (χ0) is 8.91. The summed E-state index contributed by atoms with van der Waals surface area (Å²) in [4.78, 5) is 0. The Hall–Kier alpha value is 0.0269. The van der Waals surface area contributed by atoms with Crippen LogP contribution in [0.1, 0.15) is 6.42 Å². The van der Waals surface area contributed by atoms with Crippen LogP contribution in [0.4, 0.5) is 0 Å². The van der Waals surface area contributed by atoms with Gasteiger partial charge in [-0.15, -0.1) is 23.1 Å². The normalized spacial score (nSPS) is 13.5. The molecular formula is C8H15ClOSi. The molecule has 0 unspecified atom stereocenters. The third-order valence-electron chi connectivity index (χ3n) is 0.979. The maximum absolute atomic E-state index is 9.04. The lowest BCUT2D eigenvalue weighted by Crippen LogP contribution is -2.17. The molecule has 0 aliphatic heterocycles. The summed E-state index contributed by atoms with van der Waals surface area (Å²) in [5.41, 5.74) is 3.16. The molecular weight excluding hydrogens is 176 g/mol. The molecule has 0 rings (SSSR count). The van der Waals surface area contributed by atoms with E-state index in [0.29, 0.717) is 6.42 Å². The Morgan fingerprint density at radius 3 is 2.36 bits per heavy atom. The zero-order valence-electron chi connectivity index (χ0n) is 7.32. The second kappa shape index (κ2) is 4.81. The number of aliphatic hydroxyl groups excluding tert-OH is 1. The first-order valence-corrected chi connectivity index (χ1v) is 7.73. The summed E-state index contributed by atoms with van der Waals surface area (Å²) in [7, 11) is -1.25. The fraction of sp³-hybridized carbons (Fsp3) is 0.750. The summed E-state index contributed by atoms with van der Waals surface area (Å²) in [6.45, 7) is 6.52. The molecule has 0 aliphatic carbocycles. The van der Waals surface area contributed by atoms with Crippen molar-refractivity contribution in [1.82, 2.24) is 0 Å². The number of halogens is 1. The fourth-order valence-electron chi connectivity index (χ4n) is 0.489. The maximum atomic E-state index is 9.04. The molecule has 0 aromatic carbocycles. The molecule has 64 valence electrons. The molecule has 3 heteroatoms. The third kappa shape index (κ3) is 7.93. The van der Waals surface area contributed by atoms with Crippen molar-refractivity contribution in [2.45, 2.75) is 32.2 Å². The van der Waals surface area contributed by atoms with Gasteiger partial charge in [0.1, 0.15) is 8.07 Å². The number of alkyl halides is 1. The smallest absolute Gasteiger partial charge is 0.129 e. The van der Waals surface area contributed by atoms with Crippen molar-refractivity contribution in [3.8, 4) is 11.5 Å². The van der Waals surface area contributed by atoms with Gasteiger partial charge in [0.15, 0.2) is 0 Å². The third-order valence-corrected chi connectivity index (χ3v) is 2.26. The fourth-order valence-corrected chi connectivity index (χ4v) is 1.23. The monoisotopic (exact) mass is 190 g/mol. The van der Waals surface area contributed by atoms with Crippen molar-refractivity contribution in [2.24, 2.45) is 0 Å². The first-order valence-electron chi connectivity index (χ1n) is 3.70. The molecule has 11 heavy (non-hydrogen) atoms. The SMILES string of the molecule is C[Si](C)(C)C#CC[C@@H](O)CCl. The van der Waals surface area contributed by atoms with Crippen LogP contribution < -0.4 is 0 Å². The average molecular weight is 191 g/mol. The lowest BCUT2D eigenvalue weighted by molar-refractivity contribution is 0.204. The molecule has 0 heterocycles. The molecule has 0 saturated carbocycles. The van der Waals surface area contributed by atoms with E-state index < -0.39 is 14.2 Å². The highest BCUT2D eigenvalue weighted by atomic mass is 35.5. The Morgan fingerprint density at radius 1 is 1.45 bits per heavy atom. The zero-order valence-corrected chi connectivity index (χ0v) is 9.07. The van der Waals surface area contributed by atoms with E-state index in [1.165, 1.54) is 0 Å². The van der Waals surface area contributed by atoms with Crippen molar-refractivity contribution >= 4 is 19.7 Å². The van der Waals surface area contributed by atoms with E-state index >= 15 is 0 Å². The summed E-state index contributed by atoms with van der Waals surface area (Å²) < 4.78 is 0. The molecule has 0 spiro atoms. The van der Waals surface area contributed by atoms with Gasteiger partial charge in [0, 0.05) is 12.3 Å². The van der Waals surface area contributed by atoms with E-state index in [-0.39, 0.29) is 5.88 Å². The molecule has 0 fully saturated rings. The average Bonchev–Trinajstić information content (AvgIpc) is 1.85. The Labute approximate surface area is 74.8 Å². The van der Waals surface area contributed by atoms with E-state index in [1.54, 1.807) is 0 Å². The van der Waals surface area contributed by atoms with Crippen LogP contribution in [-0.4, -0.2) is 25.2 Å². The molecule has 1 nitrogen and oxygen atoms in total. The molecule has 0 aromatic rings. The highest BCUT2D eigenvalue weighted by Gasteiger charge is 2.07. The van der Waals surface area contributed by atoms with E-state index in [9.17, 15) is 0 Å². The minimum Gasteiger partial charge on any atom is -0.391 e. The first kappa shape index (κ1) is 11.0. The number of hydrogen-bond acceptors (Lipinski definition) is 1. The first-order chi connectivity index (χ1) is 4.95. The lowest BCUT2D eigenvalue weighted by atomic mass is 10.3. The van der Waals surface area contributed by atoms with Crippen LogP contribution in [0.15, 0.2) is 0 Å². The van der Waals surface area contributed by atoms with Gasteiger partial charge in [-0.1, -0.05) is 19.6 Å². The summed E-state index contributed by atoms with van der Waals surface area (Å²) in [5, 5.41) is 9.04. The van der Waals surface area contributed by atoms with Gasteiger partial charge in [0.25, 0.3) is 0 Å². The molecule has 0 radical (unpaired) electrons. The molecule has 0 aliphatic rings. The summed E-state index contributed by atoms with van der Waals surface area (Å²) in [5.74, 6) is 3.23. The minimum absolute atomic E-state index is 0.278. The molecule has 0 amide bonds. The van der Waals surface area contributed by atoms with E-state index in [1.807, 2.05) is 0 Å². The maximum Gasteiger partial charge on any atom is 0.129 e. The summed E-state index contributed by atoms with van der Waals surface area (Å²) >= 11 is 5.40. The predicted molar refractivity (Wildman–Crippen MR) is 52.5 cm³/mol. The van der Waals surface area contributed by atoms with Gasteiger partial charge in [-0.2, -0.15) is 0 Å². The van der Waals surface area contributed by atoms with Gasteiger partial charge in [0.2, 0.25) is 0 Å². The Balaban J connectivity index is 3.73. The van der Waals surface area contributed by atoms with Gasteiger partial charge in [-0.25, -0.2) is 0 Å². The molecule has 0 saturated heterocycles. The quantitative estimate of drug-likeness (QED) is 0.401. The Bertz CT molecular complexity index is 163. The Kier molecular flexibility index (Phi) is 4.83. The van der Waals surface area contributed by atoms with Crippen LogP contribution in [0.5, 0.6) is 0 Å². The van der Waals surface area contributed by atoms with Crippen LogP contribution in [-0.2, 0) is 0 Å². The lowest BCUT2D eigenvalue weighted by Gasteiger charge is -2.04. The molecule has 0 bridgehead atoms. The van der Waals surface area contributed by atoms with E-state index in [4.69, 9.17) is 16.7 Å². The summed E-state index contributed by atoms with van der Waals surface area (Å²) in [6, 6.07) is 0. The second-order valence-corrected chi connectivity index (χ2v) is 8.62. The van der Waals surface area contributed by atoms with Crippen LogP contribution in [0.3, 0.4) is 0 Å². The second-order valence-electron chi connectivity index (χ2n) is 3.56. The number of hydrogen-bond donors (Lipinski definition) is 1. The van der Waals surface area contributed by atoms with Crippen LogP contribution in [0.25, 0.3) is 0 Å². The van der Waals surface area contributed by atoms with Crippen LogP contribution in [0, 0.1) is 11.5 Å². The Morgan fingerprint density at radius 2 is 2.00 bits per heavy atom. The number of aliphatic hydroxyl groups is 1. The summed E-state index contributed by atoms with van der Waals surface area (Å²) in [6.07, 6.45) is 0.0499. The van der Waals surface area contributed by atoms with Crippen molar-refractivity contribution in [3.63, 3.8) is 0 Å². The molecule has 0 aromatic heterocycles. The highest BCUT2D eigenvalue weighted by Crippen LogP contribution is 1.98. The van der Waals surface area contributed by atoms with Crippen molar-refractivity contribution in [3.05, 3.63) is 0 Å². The largest absolute Gasteiger partial charge is 0.391 e. The van der Waals surface area contributed by atoms with Gasteiger partial charge in [0.05, 0.1) is 6.10 Å². The van der Waals surface area contributed by atoms with Crippen LogP contribution in [0.2, 0.25) is 19.6 Å². The predicted octanol–water partition coefficient (Wildman–Crippen LogP) is 1.86. The van der Waals surface area contributed by atoms with Gasteiger partial charge < -0.3 is 5.11 Å². The topological polar surface area (TPSA) is 20.2 Å². The van der Waals surface area contributed by atoms with Crippen LogP contribution >= 0.6 is 11.6 Å². The van der Waals surface area contributed by atoms with Crippen molar-refractivity contribution in [2.75, 3.05) is 5.88 Å². The number of rotatable bonds is 2. The van der Waals surface area contributed by atoms with Crippen molar-refractivity contribution < 1.29 is 5.11 Å². The minimum atomic E-state index is -1.25. The van der Waals surface area contributed by atoms with E-state index in [0.717, 1.165) is 0 Å². The molecule has 1 atom stereocenters. The van der Waals surface area contributed by atoms with Gasteiger partial charge in [-0.05, 0) is 0 Å². The van der Waals surface area contributed by atoms with E-state index in [2.05, 4.69) is 31.1 Å². The standard InChI is InChI=1S/C8H15ClOSi/c1-11(2,3)6-4-5-8(10)7-9/h8,10H,5,7H2,1-3H3/t8-/m1/s1. The van der Waals surface area contributed by atoms with Crippen molar-refractivity contribution in [1.29, 1.82) is 0 Å².